The Morgan fingerprint density at radius 2 is 1.77 bits per heavy atom. The second-order valence-electron chi connectivity index (χ2n) is 7.19. The minimum absolute atomic E-state index is 0.0751. The number of benzene rings is 2. The van der Waals surface area contributed by atoms with Crippen LogP contribution in [0, 0.1) is 6.92 Å². The Balaban J connectivity index is 1.86. The highest BCUT2D eigenvalue weighted by molar-refractivity contribution is 5.79. The molecular weight excluding hydrogens is 394 g/mol. The second kappa shape index (κ2) is 13.4. The van der Waals surface area contributed by atoms with Crippen molar-refractivity contribution in [3.05, 3.63) is 53.6 Å². The zero-order chi connectivity index (χ0) is 22.5. The molecule has 7 heteroatoms. The maximum absolute atomic E-state index is 5.99. The summed E-state index contributed by atoms with van der Waals surface area (Å²) in [6.07, 6.45) is 0.777. The van der Waals surface area contributed by atoms with E-state index in [9.17, 15) is 0 Å². The molecule has 0 amide bonds. The SMILES string of the molecule is CN=C(NCc1ccc(C)cc1OCCCOC)NCC(C)Oc1ccccc1OC. The average Bonchev–Trinajstić information content (AvgIpc) is 2.78. The van der Waals surface area contributed by atoms with E-state index < -0.39 is 0 Å². The number of guanidine groups is 1. The molecule has 0 bridgehead atoms. The number of nitrogens with zero attached hydrogens (tertiary/aromatic N) is 1. The molecule has 1 unspecified atom stereocenters. The van der Waals surface area contributed by atoms with Gasteiger partial charge in [-0.05, 0) is 37.6 Å². The van der Waals surface area contributed by atoms with Gasteiger partial charge < -0.3 is 29.6 Å². The number of aliphatic imine (C=N–C) groups is 1. The minimum Gasteiger partial charge on any atom is -0.493 e. The second-order valence-corrected chi connectivity index (χ2v) is 7.19. The van der Waals surface area contributed by atoms with Crippen LogP contribution in [0.25, 0.3) is 0 Å². The molecule has 2 rings (SSSR count). The molecule has 0 fully saturated rings. The van der Waals surface area contributed by atoms with Crippen molar-refractivity contribution in [1.82, 2.24) is 10.6 Å². The number of para-hydroxylation sites is 2. The number of ether oxygens (including phenoxy) is 4. The van der Waals surface area contributed by atoms with Crippen molar-refractivity contribution >= 4 is 5.96 Å². The fraction of sp³-hybridized carbons (Fsp3) is 0.458. The summed E-state index contributed by atoms with van der Waals surface area (Å²) in [5.41, 5.74) is 2.24. The first-order valence-corrected chi connectivity index (χ1v) is 10.5. The smallest absolute Gasteiger partial charge is 0.191 e. The van der Waals surface area contributed by atoms with Crippen molar-refractivity contribution in [2.75, 3.05) is 41.0 Å². The van der Waals surface area contributed by atoms with Crippen LogP contribution in [0.15, 0.2) is 47.5 Å². The number of rotatable bonds is 12. The van der Waals surface area contributed by atoms with E-state index >= 15 is 0 Å². The van der Waals surface area contributed by atoms with Crippen molar-refractivity contribution in [3.8, 4) is 17.2 Å². The van der Waals surface area contributed by atoms with Crippen LogP contribution >= 0.6 is 0 Å². The fourth-order valence-corrected chi connectivity index (χ4v) is 2.94. The van der Waals surface area contributed by atoms with Gasteiger partial charge in [0.25, 0.3) is 0 Å². The van der Waals surface area contributed by atoms with Crippen LogP contribution < -0.4 is 24.8 Å². The van der Waals surface area contributed by atoms with Gasteiger partial charge in [0.2, 0.25) is 0 Å². The lowest BCUT2D eigenvalue weighted by Gasteiger charge is -2.19. The quantitative estimate of drug-likeness (QED) is 0.305. The Hall–Kier alpha value is -2.93. The van der Waals surface area contributed by atoms with E-state index in [1.165, 1.54) is 0 Å². The summed E-state index contributed by atoms with van der Waals surface area (Å²) in [5.74, 6) is 3.01. The van der Waals surface area contributed by atoms with Gasteiger partial charge in [-0.15, -0.1) is 0 Å². The summed E-state index contributed by atoms with van der Waals surface area (Å²) < 4.78 is 22.4. The summed E-state index contributed by atoms with van der Waals surface area (Å²) >= 11 is 0. The van der Waals surface area contributed by atoms with Gasteiger partial charge in [-0.1, -0.05) is 24.3 Å². The predicted molar refractivity (Wildman–Crippen MR) is 124 cm³/mol. The van der Waals surface area contributed by atoms with E-state index in [4.69, 9.17) is 18.9 Å². The molecule has 2 N–H and O–H groups in total. The number of hydrogen-bond acceptors (Lipinski definition) is 5. The first kappa shape index (κ1) is 24.3. The molecule has 0 saturated carbocycles. The molecule has 7 nitrogen and oxygen atoms in total. The average molecular weight is 430 g/mol. The third-order valence-corrected chi connectivity index (χ3v) is 4.60. The third-order valence-electron chi connectivity index (χ3n) is 4.60. The standard InChI is InChI=1S/C24H35N3O4/c1-18-11-12-20(23(15-18)30-14-8-13-28-4)17-27-24(25-3)26-16-19(2)31-22-10-7-6-9-21(22)29-5/h6-7,9-12,15,19H,8,13-14,16-17H2,1-5H3,(H2,25,26,27). The van der Waals surface area contributed by atoms with Crippen LogP contribution in [0.3, 0.4) is 0 Å². The number of nitrogens with one attached hydrogen (secondary N) is 2. The molecule has 0 aliphatic carbocycles. The zero-order valence-electron chi connectivity index (χ0n) is 19.2. The molecule has 0 aromatic heterocycles. The van der Waals surface area contributed by atoms with Crippen LogP contribution in [-0.4, -0.2) is 53.1 Å². The van der Waals surface area contributed by atoms with Gasteiger partial charge in [0, 0.05) is 39.3 Å². The van der Waals surface area contributed by atoms with Crippen molar-refractivity contribution < 1.29 is 18.9 Å². The molecule has 0 spiro atoms. The van der Waals surface area contributed by atoms with Crippen molar-refractivity contribution in [1.29, 1.82) is 0 Å². The molecule has 0 radical (unpaired) electrons. The molecule has 0 aliphatic heterocycles. The van der Waals surface area contributed by atoms with Crippen molar-refractivity contribution in [2.45, 2.75) is 32.9 Å². The zero-order valence-corrected chi connectivity index (χ0v) is 19.2. The first-order valence-electron chi connectivity index (χ1n) is 10.5. The van der Waals surface area contributed by atoms with Crippen molar-refractivity contribution in [3.63, 3.8) is 0 Å². The molecule has 2 aromatic rings. The van der Waals surface area contributed by atoms with Crippen LogP contribution in [-0.2, 0) is 11.3 Å². The van der Waals surface area contributed by atoms with Gasteiger partial charge in [0.15, 0.2) is 17.5 Å². The minimum atomic E-state index is -0.0751. The molecule has 31 heavy (non-hydrogen) atoms. The van der Waals surface area contributed by atoms with Crippen molar-refractivity contribution in [2.24, 2.45) is 4.99 Å². The molecule has 2 aromatic carbocycles. The molecule has 0 heterocycles. The Kier molecular flexibility index (Phi) is 10.5. The number of aryl methyl sites for hydroxylation is 1. The lowest BCUT2D eigenvalue weighted by atomic mass is 10.1. The van der Waals surface area contributed by atoms with E-state index in [0.717, 1.165) is 29.0 Å². The van der Waals surface area contributed by atoms with E-state index in [0.29, 0.717) is 38.0 Å². The van der Waals surface area contributed by atoms with Crippen LogP contribution in [0.5, 0.6) is 17.2 Å². The Morgan fingerprint density at radius 1 is 1.00 bits per heavy atom. The van der Waals surface area contributed by atoms with Gasteiger partial charge in [-0.3, -0.25) is 4.99 Å². The molecule has 0 aliphatic rings. The summed E-state index contributed by atoms with van der Waals surface area (Å²) in [7, 11) is 5.08. The van der Waals surface area contributed by atoms with E-state index in [2.05, 4.69) is 40.7 Å². The van der Waals surface area contributed by atoms with Crippen LogP contribution in [0.2, 0.25) is 0 Å². The van der Waals surface area contributed by atoms with Crippen LogP contribution in [0.1, 0.15) is 24.5 Å². The summed E-state index contributed by atoms with van der Waals surface area (Å²) in [6, 6.07) is 13.8. The highest BCUT2D eigenvalue weighted by atomic mass is 16.5. The van der Waals surface area contributed by atoms with Gasteiger partial charge in [0.05, 0.1) is 20.3 Å². The number of hydrogen-bond donors (Lipinski definition) is 2. The molecule has 170 valence electrons. The Labute approximate surface area is 185 Å². The van der Waals surface area contributed by atoms with E-state index in [-0.39, 0.29) is 6.10 Å². The topological polar surface area (TPSA) is 73.3 Å². The van der Waals surface area contributed by atoms with Gasteiger partial charge in [-0.25, -0.2) is 0 Å². The highest BCUT2D eigenvalue weighted by Crippen LogP contribution is 2.26. The molecule has 0 saturated heterocycles. The molecule has 1 atom stereocenters. The largest absolute Gasteiger partial charge is 0.493 e. The normalized spacial score (nSPS) is 12.2. The lowest BCUT2D eigenvalue weighted by Crippen LogP contribution is -2.41. The van der Waals surface area contributed by atoms with E-state index in [1.54, 1.807) is 21.3 Å². The summed E-state index contributed by atoms with van der Waals surface area (Å²) in [6.45, 7) is 6.55. The Bertz CT molecular complexity index is 826. The lowest BCUT2D eigenvalue weighted by molar-refractivity contribution is 0.171. The molecular formula is C24H35N3O4. The van der Waals surface area contributed by atoms with Gasteiger partial charge in [-0.2, -0.15) is 0 Å². The highest BCUT2D eigenvalue weighted by Gasteiger charge is 2.10. The maximum Gasteiger partial charge on any atom is 0.191 e. The van der Waals surface area contributed by atoms with E-state index in [1.807, 2.05) is 31.2 Å². The first-order chi connectivity index (χ1) is 15.1. The monoisotopic (exact) mass is 429 g/mol. The maximum atomic E-state index is 5.99. The number of methoxy groups -OCH3 is 2. The Morgan fingerprint density at radius 3 is 2.48 bits per heavy atom. The summed E-state index contributed by atoms with van der Waals surface area (Å²) in [4.78, 5) is 4.31. The summed E-state index contributed by atoms with van der Waals surface area (Å²) in [5, 5.41) is 6.65. The third kappa shape index (κ3) is 8.38. The van der Waals surface area contributed by atoms with Crippen LogP contribution in [0.4, 0.5) is 0 Å². The van der Waals surface area contributed by atoms with Gasteiger partial charge in [0.1, 0.15) is 11.9 Å². The van der Waals surface area contributed by atoms with Gasteiger partial charge >= 0.3 is 0 Å². The predicted octanol–water partition coefficient (Wildman–Crippen LogP) is 3.55. The fourth-order valence-electron chi connectivity index (χ4n) is 2.94.